The van der Waals surface area contributed by atoms with Gasteiger partial charge in [-0.1, -0.05) is 6.92 Å². The molecule has 3 N–H and O–H groups in total. The van der Waals surface area contributed by atoms with E-state index >= 15 is 0 Å². The van der Waals surface area contributed by atoms with Gasteiger partial charge in [0, 0.05) is 12.0 Å². The number of hydrogen-bond acceptors (Lipinski definition) is 8. The van der Waals surface area contributed by atoms with Gasteiger partial charge in [-0.05, 0) is 48.4 Å². The van der Waals surface area contributed by atoms with Gasteiger partial charge in [0.1, 0.15) is 16.7 Å². The molecule has 1 aliphatic carbocycles. The predicted octanol–water partition coefficient (Wildman–Crippen LogP) is 1.50. The number of tetrazole rings is 1. The number of hydrogen-bond donors (Lipinski definition) is 2. The zero-order valence-electron chi connectivity index (χ0n) is 12.1. The molecule has 1 aliphatic rings. The molecule has 112 valence electrons. The number of hydrazine groups is 1. The summed E-state index contributed by atoms with van der Waals surface area (Å²) in [5, 5.41) is 13.5. The first kappa shape index (κ1) is 14.2. The summed E-state index contributed by atoms with van der Waals surface area (Å²) in [4.78, 5) is 9.04. The lowest BCUT2D eigenvalue weighted by molar-refractivity contribution is 0.565. The molecular weight excluding hydrogens is 288 g/mol. The van der Waals surface area contributed by atoms with Gasteiger partial charge in [-0.2, -0.15) is 0 Å². The van der Waals surface area contributed by atoms with Crippen LogP contribution in [0, 0.1) is 6.92 Å². The standard InChI is InChI=1S/C12H18N8S/c1-3-4-9-14-10(16-13)7(2)11(15-9)21-12-17-18-19-20(12)8-5-6-8/h8H,3-6,13H2,1-2H3,(H,14,15,16). The molecular formula is C12H18N8S. The smallest absolute Gasteiger partial charge is 0.215 e. The molecule has 0 amide bonds. The van der Waals surface area contributed by atoms with E-state index in [0.717, 1.165) is 47.3 Å². The molecule has 2 aromatic heterocycles. The highest BCUT2D eigenvalue weighted by molar-refractivity contribution is 7.99. The van der Waals surface area contributed by atoms with Crippen molar-refractivity contribution in [2.24, 2.45) is 5.84 Å². The van der Waals surface area contributed by atoms with Crippen molar-refractivity contribution in [2.45, 2.75) is 55.8 Å². The highest BCUT2D eigenvalue weighted by Gasteiger charge is 2.28. The Morgan fingerprint density at radius 3 is 2.86 bits per heavy atom. The number of nitrogens with zero attached hydrogens (tertiary/aromatic N) is 6. The van der Waals surface area contributed by atoms with Crippen LogP contribution in [-0.4, -0.2) is 30.2 Å². The summed E-state index contributed by atoms with van der Waals surface area (Å²) in [5.74, 6) is 6.99. The number of aromatic nitrogens is 6. The van der Waals surface area contributed by atoms with Crippen molar-refractivity contribution >= 4 is 17.6 Å². The lowest BCUT2D eigenvalue weighted by Crippen LogP contribution is -2.13. The van der Waals surface area contributed by atoms with E-state index in [2.05, 4.69) is 37.8 Å². The zero-order chi connectivity index (χ0) is 14.8. The predicted molar refractivity (Wildman–Crippen MR) is 78.8 cm³/mol. The highest BCUT2D eigenvalue weighted by atomic mass is 32.2. The first-order valence-corrected chi connectivity index (χ1v) is 7.84. The third-order valence-corrected chi connectivity index (χ3v) is 4.34. The summed E-state index contributed by atoms with van der Waals surface area (Å²) in [7, 11) is 0. The molecule has 0 bridgehead atoms. The van der Waals surface area contributed by atoms with Crippen LogP contribution in [0.2, 0.25) is 0 Å². The Kier molecular flexibility index (Phi) is 4.02. The SMILES string of the molecule is CCCc1nc(NN)c(C)c(Sc2nnnn2C2CC2)n1. The van der Waals surface area contributed by atoms with Gasteiger partial charge in [0.2, 0.25) is 5.16 Å². The average Bonchev–Trinajstić information content (AvgIpc) is 3.22. The molecule has 1 saturated carbocycles. The fourth-order valence-electron chi connectivity index (χ4n) is 2.00. The summed E-state index contributed by atoms with van der Waals surface area (Å²) >= 11 is 1.47. The maximum absolute atomic E-state index is 5.55. The van der Waals surface area contributed by atoms with Crippen molar-refractivity contribution in [2.75, 3.05) is 5.43 Å². The second kappa shape index (κ2) is 5.94. The van der Waals surface area contributed by atoms with Crippen LogP contribution in [0.1, 0.15) is 43.6 Å². The second-order valence-electron chi connectivity index (χ2n) is 5.05. The first-order chi connectivity index (χ1) is 10.2. The number of nitrogen functional groups attached to an aromatic ring is 1. The van der Waals surface area contributed by atoms with E-state index in [1.165, 1.54) is 11.8 Å². The van der Waals surface area contributed by atoms with Crippen LogP contribution in [0.15, 0.2) is 10.2 Å². The topological polar surface area (TPSA) is 107 Å². The van der Waals surface area contributed by atoms with E-state index < -0.39 is 0 Å². The number of nitrogens with two attached hydrogens (primary N) is 1. The minimum Gasteiger partial charge on any atom is -0.308 e. The molecule has 0 aliphatic heterocycles. The average molecular weight is 306 g/mol. The molecule has 8 nitrogen and oxygen atoms in total. The van der Waals surface area contributed by atoms with Crippen molar-refractivity contribution in [3.05, 3.63) is 11.4 Å². The normalized spacial score (nSPS) is 14.4. The van der Waals surface area contributed by atoms with E-state index in [-0.39, 0.29) is 0 Å². The number of rotatable bonds is 6. The van der Waals surface area contributed by atoms with Crippen LogP contribution in [0.4, 0.5) is 5.82 Å². The van der Waals surface area contributed by atoms with Crippen LogP contribution in [0.5, 0.6) is 0 Å². The van der Waals surface area contributed by atoms with Gasteiger partial charge in [-0.25, -0.2) is 20.5 Å². The van der Waals surface area contributed by atoms with Crippen LogP contribution >= 0.6 is 11.8 Å². The largest absolute Gasteiger partial charge is 0.308 e. The Hall–Kier alpha value is -1.74. The van der Waals surface area contributed by atoms with Gasteiger partial charge >= 0.3 is 0 Å². The van der Waals surface area contributed by atoms with Crippen LogP contribution in [-0.2, 0) is 6.42 Å². The van der Waals surface area contributed by atoms with Gasteiger partial charge in [-0.15, -0.1) is 5.10 Å². The fourth-order valence-corrected chi connectivity index (χ4v) is 2.93. The van der Waals surface area contributed by atoms with E-state index in [1.807, 2.05) is 11.6 Å². The summed E-state index contributed by atoms with van der Waals surface area (Å²) in [6.45, 7) is 4.04. The molecule has 0 saturated heterocycles. The van der Waals surface area contributed by atoms with E-state index in [1.54, 1.807) is 0 Å². The number of anilines is 1. The van der Waals surface area contributed by atoms with E-state index in [9.17, 15) is 0 Å². The molecule has 9 heteroatoms. The van der Waals surface area contributed by atoms with Crippen molar-refractivity contribution in [1.82, 2.24) is 30.2 Å². The molecule has 0 radical (unpaired) electrons. The maximum Gasteiger partial charge on any atom is 0.215 e. The third-order valence-electron chi connectivity index (χ3n) is 3.30. The van der Waals surface area contributed by atoms with Crippen LogP contribution in [0.25, 0.3) is 0 Å². The fraction of sp³-hybridized carbons (Fsp3) is 0.583. The minimum atomic E-state index is 0.437. The molecule has 0 atom stereocenters. The van der Waals surface area contributed by atoms with Crippen molar-refractivity contribution in [3.63, 3.8) is 0 Å². The molecule has 0 spiro atoms. The number of aryl methyl sites for hydroxylation is 1. The lowest BCUT2D eigenvalue weighted by atomic mass is 10.3. The Morgan fingerprint density at radius 1 is 1.38 bits per heavy atom. The van der Waals surface area contributed by atoms with Crippen LogP contribution < -0.4 is 11.3 Å². The van der Waals surface area contributed by atoms with Crippen LogP contribution in [0.3, 0.4) is 0 Å². The molecule has 21 heavy (non-hydrogen) atoms. The zero-order valence-corrected chi connectivity index (χ0v) is 12.9. The van der Waals surface area contributed by atoms with Crippen molar-refractivity contribution in [3.8, 4) is 0 Å². The van der Waals surface area contributed by atoms with Crippen molar-refractivity contribution in [1.29, 1.82) is 0 Å². The van der Waals surface area contributed by atoms with Gasteiger partial charge < -0.3 is 5.43 Å². The first-order valence-electron chi connectivity index (χ1n) is 7.02. The van der Waals surface area contributed by atoms with E-state index in [4.69, 9.17) is 5.84 Å². The molecule has 2 aromatic rings. The molecule has 2 heterocycles. The molecule has 3 rings (SSSR count). The third kappa shape index (κ3) is 2.98. The van der Waals surface area contributed by atoms with Gasteiger partial charge in [0.25, 0.3) is 0 Å². The highest BCUT2D eigenvalue weighted by Crippen LogP contribution is 2.38. The Bertz CT molecular complexity index is 636. The summed E-state index contributed by atoms with van der Waals surface area (Å²) < 4.78 is 1.88. The molecule has 0 unspecified atom stereocenters. The Balaban J connectivity index is 1.92. The second-order valence-corrected chi connectivity index (χ2v) is 6.01. The lowest BCUT2D eigenvalue weighted by Gasteiger charge is -2.11. The maximum atomic E-state index is 5.55. The van der Waals surface area contributed by atoms with Crippen molar-refractivity contribution < 1.29 is 0 Å². The molecule has 1 fully saturated rings. The summed E-state index contributed by atoms with van der Waals surface area (Å²) in [6.07, 6.45) is 4.07. The summed E-state index contributed by atoms with van der Waals surface area (Å²) in [5.41, 5.74) is 3.55. The Labute approximate surface area is 126 Å². The molecule has 0 aromatic carbocycles. The quantitative estimate of drug-likeness (QED) is 0.469. The monoisotopic (exact) mass is 306 g/mol. The van der Waals surface area contributed by atoms with Gasteiger partial charge in [0.05, 0.1) is 6.04 Å². The minimum absolute atomic E-state index is 0.437. The Morgan fingerprint density at radius 2 is 2.19 bits per heavy atom. The van der Waals surface area contributed by atoms with E-state index in [0.29, 0.717) is 11.9 Å². The van der Waals surface area contributed by atoms with Gasteiger partial charge in [-0.3, -0.25) is 0 Å². The summed E-state index contributed by atoms with van der Waals surface area (Å²) in [6, 6.07) is 0.437. The van der Waals surface area contributed by atoms with Gasteiger partial charge in [0.15, 0.2) is 0 Å². The number of nitrogens with one attached hydrogen (secondary N) is 1.